The standard InChI is InChI=1S/C9H20S/c1-5-6-9(4)10-7-8(2)3/h8-9H,5-7H2,1-4H3. The fourth-order valence-corrected chi connectivity index (χ4v) is 1.96. The molecular weight excluding hydrogens is 140 g/mol. The minimum atomic E-state index is 0.851. The first-order valence-electron chi connectivity index (χ1n) is 4.28. The van der Waals surface area contributed by atoms with Crippen molar-refractivity contribution in [2.75, 3.05) is 5.75 Å². The zero-order valence-electron chi connectivity index (χ0n) is 7.68. The van der Waals surface area contributed by atoms with E-state index in [1.165, 1.54) is 18.6 Å². The van der Waals surface area contributed by atoms with Gasteiger partial charge in [0.05, 0.1) is 0 Å². The quantitative estimate of drug-likeness (QED) is 0.592. The zero-order valence-corrected chi connectivity index (χ0v) is 8.50. The maximum atomic E-state index is 2.33. The first-order valence-corrected chi connectivity index (χ1v) is 5.33. The fourth-order valence-electron chi connectivity index (χ4n) is 0.847. The van der Waals surface area contributed by atoms with Crippen molar-refractivity contribution >= 4 is 11.8 Å². The van der Waals surface area contributed by atoms with Gasteiger partial charge in [0.2, 0.25) is 0 Å². The molecule has 0 radical (unpaired) electrons. The van der Waals surface area contributed by atoms with Gasteiger partial charge in [0.25, 0.3) is 0 Å². The van der Waals surface area contributed by atoms with Crippen molar-refractivity contribution in [2.45, 2.75) is 45.8 Å². The van der Waals surface area contributed by atoms with Crippen LogP contribution in [0, 0.1) is 5.92 Å². The summed E-state index contributed by atoms with van der Waals surface area (Å²) in [6.45, 7) is 9.15. The van der Waals surface area contributed by atoms with E-state index in [2.05, 4.69) is 39.5 Å². The third kappa shape index (κ3) is 6.47. The minimum Gasteiger partial charge on any atom is -0.159 e. The summed E-state index contributed by atoms with van der Waals surface area (Å²) in [7, 11) is 0. The molecule has 0 aromatic heterocycles. The Morgan fingerprint density at radius 2 is 1.80 bits per heavy atom. The van der Waals surface area contributed by atoms with Gasteiger partial charge in [0.1, 0.15) is 0 Å². The van der Waals surface area contributed by atoms with Gasteiger partial charge in [-0.15, -0.1) is 0 Å². The number of rotatable bonds is 5. The molecule has 0 amide bonds. The van der Waals surface area contributed by atoms with Crippen molar-refractivity contribution < 1.29 is 0 Å². The summed E-state index contributed by atoms with van der Waals surface area (Å²) in [4.78, 5) is 0. The highest BCUT2D eigenvalue weighted by Gasteiger charge is 2.01. The predicted octanol–water partition coefficient (Wildman–Crippen LogP) is 3.56. The lowest BCUT2D eigenvalue weighted by Gasteiger charge is -2.10. The van der Waals surface area contributed by atoms with Crippen LogP contribution < -0.4 is 0 Å². The van der Waals surface area contributed by atoms with E-state index in [1.54, 1.807) is 0 Å². The molecule has 0 spiro atoms. The third-order valence-electron chi connectivity index (χ3n) is 1.41. The molecule has 0 bridgehead atoms. The van der Waals surface area contributed by atoms with Crippen molar-refractivity contribution in [2.24, 2.45) is 5.92 Å². The Hall–Kier alpha value is 0.350. The van der Waals surface area contributed by atoms with Crippen LogP contribution in [0.3, 0.4) is 0 Å². The highest BCUT2D eigenvalue weighted by molar-refractivity contribution is 7.99. The second-order valence-electron chi connectivity index (χ2n) is 3.33. The highest BCUT2D eigenvalue weighted by Crippen LogP contribution is 2.18. The van der Waals surface area contributed by atoms with E-state index in [9.17, 15) is 0 Å². The van der Waals surface area contributed by atoms with Crippen LogP contribution in [0.4, 0.5) is 0 Å². The zero-order chi connectivity index (χ0) is 7.98. The molecule has 0 aromatic rings. The lowest BCUT2D eigenvalue weighted by Crippen LogP contribution is -2.00. The molecule has 0 N–H and O–H groups in total. The van der Waals surface area contributed by atoms with Gasteiger partial charge in [-0.25, -0.2) is 0 Å². The highest BCUT2D eigenvalue weighted by atomic mass is 32.2. The molecule has 0 rings (SSSR count). The van der Waals surface area contributed by atoms with Crippen LogP contribution in [0.25, 0.3) is 0 Å². The lowest BCUT2D eigenvalue weighted by molar-refractivity contribution is 0.737. The Bertz CT molecular complexity index is 69.1. The largest absolute Gasteiger partial charge is 0.159 e. The van der Waals surface area contributed by atoms with E-state index in [1.807, 2.05) is 0 Å². The number of thioether (sulfide) groups is 1. The molecule has 62 valence electrons. The monoisotopic (exact) mass is 160 g/mol. The molecule has 0 heterocycles. The van der Waals surface area contributed by atoms with Gasteiger partial charge in [-0.1, -0.05) is 34.1 Å². The van der Waals surface area contributed by atoms with E-state index in [0.29, 0.717) is 0 Å². The SMILES string of the molecule is CCCC(C)SCC(C)C. The maximum absolute atomic E-state index is 2.33. The van der Waals surface area contributed by atoms with E-state index in [4.69, 9.17) is 0 Å². The normalized spacial score (nSPS) is 14.1. The summed E-state index contributed by atoms with van der Waals surface area (Å²) < 4.78 is 0. The van der Waals surface area contributed by atoms with Gasteiger partial charge in [0.15, 0.2) is 0 Å². The molecule has 1 atom stereocenters. The molecule has 0 nitrogen and oxygen atoms in total. The van der Waals surface area contributed by atoms with Gasteiger partial charge in [-0.05, 0) is 18.1 Å². The molecule has 0 fully saturated rings. The summed E-state index contributed by atoms with van der Waals surface area (Å²) >= 11 is 2.11. The number of hydrogen-bond acceptors (Lipinski definition) is 1. The maximum Gasteiger partial charge on any atom is 0.00187 e. The van der Waals surface area contributed by atoms with Crippen LogP contribution in [0.1, 0.15) is 40.5 Å². The topological polar surface area (TPSA) is 0 Å². The van der Waals surface area contributed by atoms with E-state index < -0.39 is 0 Å². The second-order valence-corrected chi connectivity index (χ2v) is 4.80. The van der Waals surface area contributed by atoms with Crippen LogP contribution in [0.5, 0.6) is 0 Å². The molecule has 1 heteroatoms. The Kier molecular flexibility index (Phi) is 6.30. The predicted molar refractivity (Wildman–Crippen MR) is 51.7 cm³/mol. The van der Waals surface area contributed by atoms with E-state index in [0.717, 1.165) is 11.2 Å². The van der Waals surface area contributed by atoms with Crippen LogP contribution in [0.2, 0.25) is 0 Å². The molecule has 0 saturated carbocycles. The molecule has 10 heavy (non-hydrogen) atoms. The van der Waals surface area contributed by atoms with Gasteiger partial charge in [0, 0.05) is 5.25 Å². The van der Waals surface area contributed by atoms with Crippen LogP contribution in [-0.4, -0.2) is 11.0 Å². The Morgan fingerprint density at radius 3 is 2.20 bits per heavy atom. The molecule has 0 aliphatic rings. The summed E-state index contributed by atoms with van der Waals surface area (Å²) in [5.74, 6) is 2.17. The fraction of sp³-hybridized carbons (Fsp3) is 1.00. The molecule has 1 unspecified atom stereocenters. The van der Waals surface area contributed by atoms with Crippen LogP contribution in [0.15, 0.2) is 0 Å². The summed E-state index contributed by atoms with van der Waals surface area (Å²) in [5, 5.41) is 0.868. The number of hydrogen-bond donors (Lipinski definition) is 0. The summed E-state index contributed by atoms with van der Waals surface area (Å²) in [6.07, 6.45) is 2.70. The Morgan fingerprint density at radius 1 is 1.20 bits per heavy atom. The smallest absolute Gasteiger partial charge is 0.00187 e. The summed E-state index contributed by atoms with van der Waals surface area (Å²) in [6, 6.07) is 0. The van der Waals surface area contributed by atoms with E-state index in [-0.39, 0.29) is 0 Å². The Balaban J connectivity index is 3.12. The summed E-state index contributed by atoms with van der Waals surface area (Å²) in [5.41, 5.74) is 0. The van der Waals surface area contributed by atoms with Crippen molar-refractivity contribution in [3.8, 4) is 0 Å². The average Bonchev–Trinajstić information content (AvgIpc) is 1.85. The van der Waals surface area contributed by atoms with Gasteiger partial charge in [-0.2, -0.15) is 11.8 Å². The van der Waals surface area contributed by atoms with Crippen molar-refractivity contribution in [1.29, 1.82) is 0 Å². The molecule has 0 aliphatic heterocycles. The van der Waals surface area contributed by atoms with Gasteiger partial charge >= 0.3 is 0 Å². The Labute approximate surface area is 69.8 Å². The van der Waals surface area contributed by atoms with Crippen molar-refractivity contribution in [3.63, 3.8) is 0 Å². The molecule has 0 aromatic carbocycles. The van der Waals surface area contributed by atoms with Gasteiger partial charge < -0.3 is 0 Å². The minimum absolute atomic E-state index is 0.851. The van der Waals surface area contributed by atoms with Crippen molar-refractivity contribution in [1.82, 2.24) is 0 Å². The van der Waals surface area contributed by atoms with Crippen molar-refractivity contribution in [3.05, 3.63) is 0 Å². The first-order chi connectivity index (χ1) is 4.66. The van der Waals surface area contributed by atoms with Gasteiger partial charge in [-0.3, -0.25) is 0 Å². The molecule has 0 saturated heterocycles. The average molecular weight is 160 g/mol. The first kappa shape index (κ1) is 10.3. The second kappa shape index (κ2) is 6.09. The van der Waals surface area contributed by atoms with Crippen LogP contribution >= 0.6 is 11.8 Å². The van der Waals surface area contributed by atoms with Crippen LogP contribution in [-0.2, 0) is 0 Å². The van der Waals surface area contributed by atoms with E-state index >= 15 is 0 Å². The third-order valence-corrected chi connectivity index (χ3v) is 3.07. The molecular formula is C9H20S. The lowest BCUT2D eigenvalue weighted by atomic mass is 10.3. The molecule has 0 aliphatic carbocycles.